The van der Waals surface area contributed by atoms with E-state index in [1.54, 1.807) is 0 Å². The summed E-state index contributed by atoms with van der Waals surface area (Å²) in [6, 6.07) is 31.6. The Bertz CT molecular complexity index is 1930. The number of imide groups is 1. The summed E-state index contributed by atoms with van der Waals surface area (Å²) < 4.78 is 35.3. The number of nitro benzene ring substituents is 1. The molecule has 13 nitrogen and oxygen atoms in total. The minimum atomic E-state index is -4.11. The van der Waals surface area contributed by atoms with Gasteiger partial charge in [-0.25, -0.2) is 18.1 Å². The Balaban J connectivity index is 1.41. The first-order chi connectivity index (χ1) is 26.4. The largest absolute Gasteiger partial charge is 0.452 e. The number of carbonyl (C=O) groups excluding carboxylic acids is 2. The summed E-state index contributed by atoms with van der Waals surface area (Å²) in [6.45, 7) is 5.76. The van der Waals surface area contributed by atoms with E-state index in [4.69, 9.17) is 10.5 Å². The van der Waals surface area contributed by atoms with Gasteiger partial charge in [-0.2, -0.15) is 4.31 Å². The Morgan fingerprint density at radius 3 is 1.98 bits per heavy atom. The van der Waals surface area contributed by atoms with Gasteiger partial charge in [0.1, 0.15) is 0 Å². The van der Waals surface area contributed by atoms with Crippen LogP contribution in [-0.4, -0.2) is 97.4 Å². The number of hydrogen-bond acceptors (Lipinski definition) is 10. The fourth-order valence-electron chi connectivity index (χ4n) is 7.07. The van der Waals surface area contributed by atoms with Crippen LogP contribution in [0.15, 0.2) is 120 Å². The average Bonchev–Trinajstić information content (AvgIpc) is 3.58. The molecule has 55 heavy (non-hydrogen) atoms. The zero-order valence-electron chi connectivity index (χ0n) is 31.4. The third-order valence-corrected chi connectivity index (χ3v) is 11.9. The summed E-state index contributed by atoms with van der Waals surface area (Å²) in [6.07, 6.45) is -0.268. The van der Waals surface area contributed by atoms with Crippen LogP contribution in [0.25, 0.3) is 0 Å². The van der Waals surface area contributed by atoms with Crippen molar-refractivity contribution in [2.75, 3.05) is 39.8 Å². The highest BCUT2D eigenvalue weighted by Gasteiger charge is 2.42. The maximum Gasteiger partial charge on any atom is 0.416 e. The lowest BCUT2D eigenvalue weighted by Gasteiger charge is -2.33. The van der Waals surface area contributed by atoms with Crippen molar-refractivity contribution < 1.29 is 27.7 Å². The number of non-ortho nitro benzene ring substituents is 1. The molecule has 0 radical (unpaired) electrons. The molecule has 1 aliphatic heterocycles. The zero-order valence-corrected chi connectivity index (χ0v) is 32.3. The van der Waals surface area contributed by atoms with Gasteiger partial charge in [-0.3, -0.25) is 19.8 Å². The van der Waals surface area contributed by atoms with Gasteiger partial charge in [-0.1, -0.05) is 105 Å². The molecule has 14 heteroatoms. The van der Waals surface area contributed by atoms with Gasteiger partial charge in [0.2, 0.25) is 15.9 Å². The first-order valence-electron chi connectivity index (χ1n) is 18.4. The molecule has 0 aliphatic carbocycles. The Kier molecular flexibility index (Phi) is 14.3. The molecule has 4 aromatic rings. The number of nitro groups is 1. The SMILES string of the molecule is COC(=O)N(CCN[C@@H]1CN(Cc2ccccc2)C[C@H]1N(CCC(C)C)S(=O)(=O)c1ccc([N+](=O)[O-])cc1)C(=O)[C@@H](N)C(c1ccccc1)c1ccccc1. The molecule has 1 aliphatic rings. The molecule has 5 rings (SSSR count). The van der Waals surface area contributed by atoms with Gasteiger partial charge in [0.15, 0.2) is 0 Å². The normalized spacial score (nSPS) is 16.7. The van der Waals surface area contributed by atoms with Gasteiger partial charge in [0.05, 0.1) is 29.0 Å². The van der Waals surface area contributed by atoms with Crippen molar-refractivity contribution in [3.8, 4) is 0 Å². The minimum Gasteiger partial charge on any atom is -0.452 e. The number of methoxy groups -OCH3 is 1. The highest BCUT2D eigenvalue weighted by atomic mass is 32.2. The van der Waals surface area contributed by atoms with E-state index in [0.29, 0.717) is 26.1 Å². The number of carbonyl (C=O) groups is 2. The second-order valence-electron chi connectivity index (χ2n) is 14.1. The van der Waals surface area contributed by atoms with E-state index in [-0.39, 0.29) is 36.1 Å². The maximum absolute atomic E-state index is 14.4. The molecule has 1 saturated heterocycles. The van der Waals surface area contributed by atoms with E-state index in [2.05, 4.69) is 10.2 Å². The average molecular weight is 771 g/mol. The minimum absolute atomic E-state index is 0.0371. The van der Waals surface area contributed by atoms with Crippen LogP contribution in [0.1, 0.15) is 42.9 Å². The summed E-state index contributed by atoms with van der Waals surface area (Å²) in [5.41, 5.74) is 9.22. The zero-order chi connectivity index (χ0) is 39.5. The maximum atomic E-state index is 14.4. The molecule has 0 bridgehead atoms. The molecule has 0 saturated carbocycles. The third-order valence-electron chi connectivity index (χ3n) is 9.93. The van der Waals surface area contributed by atoms with Crippen molar-refractivity contribution in [1.29, 1.82) is 0 Å². The van der Waals surface area contributed by atoms with Crippen molar-refractivity contribution in [1.82, 2.24) is 19.4 Å². The monoisotopic (exact) mass is 770 g/mol. The molecule has 2 amide bonds. The smallest absolute Gasteiger partial charge is 0.416 e. The Labute approximate surface area is 323 Å². The lowest BCUT2D eigenvalue weighted by atomic mass is 9.85. The topological polar surface area (TPSA) is 168 Å². The summed E-state index contributed by atoms with van der Waals surface area (Å²) in [4.78, 5) is 41.2. The van der Waals surface area contributed by atoms with E-state index in [1.165, 1.54) is 35.7 Å². The summed E-state index contributed by atoms with van der Waals surface area (Å²) in [5, 5.41) is 14.8. The van der Waals surface area contributed by atoms with E-state index < -0.39 is 51.0 Å². The van der Waals surface area contributed by atoms with Crippen LogP contribution in [0.3, 0.4) is 0 Å². The highest BCUT2D eigenvalue weighted by Crippen LogP contribution is 2.30. The van der Waals surface area contributed by atoms with Crippen LogP contribution in [0, 0.1) is 16.0 Å². The predicted octanol–water partition coefficient (Wildman–Crippen LogP) is 5.23. The van der Waals surface area contributed by atoms with Crippen molar-refractivity contribution in [2.45, 2.75) is 55.8 Å². The van der Waals surface area contributed by atoms with Crippen LogP contribution >= 0.6 is 0 Å². The van der Waals surface area contributed by atoms with Gasteiger partial charge in [-0.15, -0.1) is 0 Å². The second-order valence-corrected chi connectivity index (χ2v) is 16.0. The quantitative estimate of drug-likeness (QED) is 0.107. The summed E-state index contributed by atoms with van der Waals surface area (Å²) in [5.74, 6) is -0.957. The molecule has 4 aromatic carbocycles. The van der Waals surface area contributed by atoms with Gasteiger partial charge >= 0.3 is 6.09 Å². The van der Waals surface area contributed by atoms with Crippen molar-refractivity contribution in [3.05, 3.63) is 142 Å². The van der Waals surface area contributed by atoms with Crippen LogP contribution in [0.2, 0.25) is 0 Å². The highest BCUT2D eigenvalue weighted by molar-refractivity contribution is 7.89. The number of benzene rings is 4. The van der Waals surface area contributed by atoms with Crippen molar-refractivity contribution in [3.63, 3.8) is 0 Å². The summed E-state index contributed by atoms with van der Waals surface area (Å²) >= 11 is 0. The van der Waals surface area contributed by atoms with Gasteiger partial charge in [0.25, 0.3) is 5.69 Å². The first-order valence-corrected chi connectivity index (χ1v) is 19.9. The standard InChI is InChI=1S/C41H50N6O7S/c1-30(2)23-25-46(55(52,53)35-21-19-34(20-22-35)47(50)51)37-29-44(27-31-13-7-4-8-14-31)28-36(37)43-24-26-45(41(49)54-3)40(48)39(42)38(32-15-9-5-10-16-32)33-17-11-6-12-18-33/h4-22,30,36-39,43H,23-29,42H2,1-3H3/t36-,37-,39+/m1/s1. The van der Waals surface area contributed by atoms with Gasteiger partial charge in [-0.05, 0) is 41.2 Å². The lowest BCUT2D eigenvalue weighted by Crippen LogP contribution is -2.55. The Hall–Kier alpha value is -4.99. The molecular formula is C41H50N6O7S. The molecule has 1 fully saturated rings. The second kappa shape index (κ2) is 19.0. The molecule has 0 unspecified atom stereocenters. The number of ether oxygens (including phenoxy) is 1. The molecule has 3 atom stereocenters. The number of likely N-dealkylation sites (tertiary alicyclic amines) is 1. The molecule has 3 N–H and O–H groups in total. The van der Waals surface area contributed by atoms with Crippen LogP contribution < -0.4 is 11.1 Å². The fourth-order valence-corrected chi connectivity index (χ4v) is 8.73. The van der Waals surface area contributed by atoms with Crippen molar-refractivity contribution in [2.24, 2.45) is 11.7 Å². The number of nitrogens with zero attached hydrogens (tertiary/aromatic N) is 4. The van der Waals surface area contributed by atoms with Gasteiger partial charge in [0, 0.05) is 63.4 Å². The molecule has 292 valence electrons. The first kappa shape index (κ1) is 41.2. The van der Waals surface area contributed by atoms with Crippen LogP contribution in [0.5, 0.6) is 0 Å². The summed E-state index contributed by atoms with van der Waals surface area (Å²) in [7, 11) is -2.90. The fraction of sp³-hybridized carbons (Fsp3) is 0.366. The van der Waals surface area contributed by atoms with Crippen molar-refractivity contribution >= 4 is 27.7 Å². The van der Waals surface area contributed by atoms with Gasteiger partial charge < -0.3 is 15.8 Å². The number of hydrogen-bond donors (Lipinski definition) is 2. The molecule has 1 heterocycles. The van der Waals surface area contributed by atoms with E-state index in [9.17, 15) is 28.1 Å². The number of sulfonamides is 1. The predicted molar refractivity (Wildman–Crippen MR) is 211 cm³/mol. The van der Waals surface area contributed by atoms with Crippen LogP contribution in [-0.2, 0) is 26.1 Å². The lowest BCUT2D eigenvalue weighted by molar-refractivity contribution is -0.384. The number of amides is 2. The van der Waals surface area contributed by atoms with Crippen LogP contribution in [0.4, 0.5) is 10.5 Å². The third kappa shape index (κ3) is 10.4. The number of rotatable bonds is 17. The van der Waals surface area contributed by atoms with E-state index >= 15 is 0 Å². The Morgan fingerprint density at radius 2 is 1.45 bits per heavy atom. The Morgan fingerprint density at radius 1 is 0.891 bits per heavy atom. The molecule has 0 spiro atoms. The molecule has 0 aromatic heterocycles. The molecular weight excluding hydrogens is 721 g/mol. The number of nitrogens with one attached hydrogen (secondary N) is 1. The van der Waals surface area contributed by atoms with E-state index in [0.717, 1.165) is 21.6 Å². The number of nitrogens with two attached hydrogens (primary N) is 1. The van der Waals surface area contributed by atoms with E-state index in [1.807, 2.05) is 105 Å².